The molecule has 1 aliphatic heterocycles. The first-order valence-corrected chi connectivity index (χ1v) is 11.8. The summed E-state index contributed by atoms with van der Waals surface area (Å²) < 4.78 is 28.1. The zero-order valence-electron chi connectivity index (χ0n) is 17.2. The van der Waals surface area contributed by atoms with Crippen LogP contribution in [-0.2, 0) is 29.4 Å². The van der Waals surface area contributed by atoms with Gasteiger partial charge in [0.1, 0.15) is 11.6 Å². The van der Waals surface area contributed by atoms with E-state index in [2.05, 4.69) is 20.2 Å². The number of fused-ring (bicyclic) bond motifs is 1. The van der Waals surface area contributed by atoms with E-state index in [0.29, 0.717) is 24.5 Å². The number of anilines is 1. The molecule has 2 aliphatic rings. The summed E-state index contributed by atoms with van der Waals surface area (Å²) in [5, 5.41) is 3.41. The Balaban J connectivity index is 1.58. The fourth-order valence-electron chi connectivity index (χ4n) is 4.11. The van der Waals surface area contributed by atoms with Gasteiger partial charge in [0.05, 0.1) is 4.90 Å². The van der Waals surface area contributed by atoms with Crippen LogP contribution in [0.2, 0.25) is 0 Å². The van der Waals surface area contributed by atoms with Crippen molar-refractivity contribution in [1.29, 1.82) is 0 Å². The average molecular weight is 416 g/mol. The number of nitrogens with one attached hydrogen (secondary N) is 1. The first-order chi connectivity index (χ1) is 13.9. The van der Waals surface area contributed by atoms with Crippen LogP contribution >= 0.6 is 0 Å². The van der Waals surface area contributed by atoms with Crippen molar-refractivity contribution in [3.8, 4) is 0 Å². The van der Waals surface area contributed by atoms with Gasteiger partial charge in [-0.1, -0.05) is 18.2 Å². The number of likely N-dealkylation sites (N-methyl/N-ethyl adjacent to an activating group) is 1. The van der Waals surface area contributed by atoms with Crippen molar-refractivity contribution in [2.45, 2.75) is 44.0 Å². The standard InChI is InChI=1S/C21H29N5O2S/c1-16-23-19-9-5-4-8-18(19)21(24-16)22-15-17-7-3-6-10-20(17)29(27,28)26-13-11-25(2)12-14-26/h3,6-7,10H,4-5,8-9,11-15H2,1-2H3,(H,22,23,24). The Bertz CT molecular complexity index is 985. The maximum atomic E-state index is 13.3. The Morgan fingerprint density at radius 1 is 1.03 bits per heavy atom. The van der Waals surface area contributed by atoms with Crippen LogP contribution < -0.4 is 5.32 Å². The van der Waals surface area contributed by atoms with Gasteiger partial charge in [0.25, 0.3) is 0 Å². The molecule has 1 N–H and O–H groups in total. The molecular weight excluding hydrogens is 386 g/mol. The molecule has 2 aromatic rings. The second kappa shape index (κ2) is 8.38. The minimum Gasteiger partial charge on any atom is -0.366 e. The summed E-state index contributed by atoms with van der Waals surface area (Å²) >= 11 is 0. The highest BCUT2D eigenvalue weighted by Gasteiger charge is 2.29. The summed E-state index contributed by atoms with van der Waals surface area (Å²) in [6, 6.07) is 7.28. The average Bonchev–Trinajstić information content (AvgIpc) is 2.72. The van der Waals surface area contributed by atoms with Crippen molar-refractivity contribution in [1.82, 2.24) is 19.2 Å². The molecule has 8 heteroatoms. The highest BCUT2D eigenvalue weighted by atomic mass is 32.2. The smallest absolute Gasteiger partial charge is 0.243 e. The summed E-state index contributed by atoms with van der Waals surface area (Å²) in [5.41, 5.74) is 3.08. The Labute approximate surface area is 173 Å². The van der Waals surface area contributed by atoms with Gasteiger partial charge in [0.2, 0.25) is 10.0 Å². The third-order valence-corrected chi connectivity index (χ3v) is 7.79. The van der Waals surface area contributed by atoms with Crippen molar-refractivity contribution in [2.75, 3.05) is 38.5 Å². The number of hydrogen-bond acceptors (Lipinski definition) is 6. The zero-order chi connectivity index (χ0) is 20.4. The lowest BCUT2D eigenvalue weighted by atomic mass is 9.96. The molecule has 29 heavy (non-hydrogen) atoms. The molecule has 7 nitrogen and oxygen atoms in total. The van der Waals surface area contributed by atoms with E-state index in [4.69, 9.17) is 0 Å². The van der Waals surface area contributed by atoms with Crippen molar-refractivity contribution >= 4 is 15.8 Å². The molecule has 1 fully saturated rings. The van der Waals surface area contributed by atoms with Gasteiger partial charge in [-0.25, -0.2) is 18.4 Å². The van der Waals surface area contributed by atoms with Crippen LogP contribution in [0.5, 0.6) is 0 Å². The third-order valence-electron chi connectivity index (χ3n) is 5.79. The summed E-state index contributed by atoms with van der Waals surface area (Å²) in [5.74, 6) is 1.60. The Hall–Kier alpha value is -2.03. The topological polar surface area (TPSA) is 78.4 Å². The van der Waals surface area contributed by atoms with Gasteiger partial charge in [-0.05, 0) is 51.3 Å². The third kappa shape index (κ3) is 4.29. The van der Waals surface area contributed by atoms with E-state index >= 15 is 0 Å². The molecule has 0 spiro atoms. The van der Waals surface area contributed by atoms with Crippen molar-refractivity contribution in [3.63, 3.8) is 0 Å². The molecule has 1 aliphatic carbocycles. The minimum absolute atomic E-state index is 0.386. The first-order valence-electron chi connectivity index (χ1n) is 10.3. The van der Waals surface area contributed by atoms with E-state index in [1.54, 1.807) is 16.4 Å². The quantitative estimate of drug-likeness (QED) is 0.807. The molecule has 1 saturated heterocycles. The second-order valence-electron chi connectivity index (χ2n) is 7.92. The van der Waals surface area contributed by atoms with Gasteiger partial charge >= 0.3 is 0 Å². The SMILES string of the molecule is Cc1nc2c(c(NCc3ccccc3S(=O)(=O)N3CCN(C)CC3)n1)CCCC2. The van der Waals surface area contributed by atoms with Gasteiger partial charge in [-0.3, -0.25) is 0 Å². The molecular formula is C21H29N5O2S. The maximum absolute atomic E-state index is 13.3. The second-order valence-corrected chi connectivity index (χ2v) is 9.83. The summed E-state index contributed by atoms with van der Waals surface area (Å²) in [6.07, 6.45) is 4.26. The first kappa shape index (κ1) is 20.3. The molecule has 2 heterocycles. The van der Waals surface area contributed by atoms with E-state index in [9.17, 15) is 8.42 Å². The largest absolute Gasteiger partial charge is 0.366 e. The fraction of sp³-hybridized carbons (Fsp3) is 0.524. The summed E-state index contributed by atoms with van der Waals surface area (Å²) in [6.45, 7) is 4.90. The van der Waals surface area contributed by atoms with E-state index in [1.807, 2.05) is 26.1 Å². The number of aromatic nitrogens is 2. The lowest BCUT2D eigenvalue weighted by molar-refractivity contribution is 0.222. The summed E-state index contributed by atoms with van der Waals surface area (Å²) in [4.78, 5) is 11.7. The lowest BCUT2D eigenvalue weighted by Crippen LogP contribution is -2.47. The molecule has 156 valence electrons. The van der Waals surface area contributed by atoms with Gasteiger partial charge < -0.3 is 10.2 Å². The monoisotopic (exact) mass is 415 g/mol. The number of benzene rings is 1. The Morgan fingerprint density at radius 3 is 2.55 bits per heavy atom. The molecule has 0 amide bonds. The van der Waals surface area contributed by atoms with Gasteiger partial charge in [-0.2, -0.15) is 4.31 Å². The summed E-state index contributed by atoms with van der Waals surface area (Å²) in [7, 11) is -1.49. The van der Waals surface area contributed by atoms with Crippen LogP contribution in [-0.4, -0.2) is 60.8 Å². The number of hydrogen-bond donors (Lipinski definition) is 1. The van der Waals surface area contributed by atoms with E-state index < -0.39 is 10.0 Å². The zero-order valence-corrected chi connectivity index (χ0v) is 18.0. The number of piperazine rings is 1. The van der Waals surface area contributed by atoms with Crippen molar-refractivity contribution in [3.05, 3.63) is 46.9 Å². The number of sulfonamides is 1. The highest BCUT2D eigenvalue weighted by Crippen LogP contribution is 2.27. The molecule has 4 rings (SSSR count). The number of rotatable bonds is 5. The predicted molar refractivity (Wildman–Crippen MR) is 113 cm³/mol. The normalized spacial score (nSPS) is 18.4. The van der Waals surface area contributed by atoms with Crippen LogP contribution in [0.4, 0.5) is 5.82 Å². The highest BCUT2D eigenvalue weighted by molar-refractivity contribution is 7.89. The van der Waals surface area contributed by atoms with Gasteiger partial charge in [-0.15, -0.1) is 0 Å². The minimum atomic E-state index is -3.51. The Kier molecular flexibility index (Phi) is 5.85. The molecule has 1 aromatic carbocycles. The van der Waals surface area contributed by atoms with Crippen molar-refractivity contribution < 1.29 is 8.42 Å². The fourth-order valence-corrected chi connectivity index (χ4v) is 5.76. The molecule has 0 unspecified atom stereocenters. The van der Waals surface area contributed by atoms with Crippen LogP contribution in [0.1, 0.15) is 35.5 Å². The Morgan fingerprint density at radius 2 is 1.76 bits per heavy atom. The molecule has 0 radical (unpaired) electrons. The van der Waals surface area contributed by atoms with Crippen LogP contribution in [0.25, 0.3) is 0 Å². The van der Waals surface area contributed by atoms with E-state index in [0.717, 1.165) is 61.7 Å². The van der Waals surface area contributed by atoms with Crippen LogP contribution in [0, 0.1) is 6.92 Å². The lowest BCUT2D eigenvalue weighted by Gasteiger charge is -2.32. The van der Waals surface area contributed by atoms with Crippen LogP contribution in [0.15, 0.2) is 29.2 Å². The molecule has 0 atom stereocenters. The molecule has 0 bridgehead atoms. The maximum Gasteiger partial charge on any atom is 0.243 e. The van der Waals surface area contributed by atoms with E-state index in [1.165, 1.54) is 5.56 Å². The predicted octanol–water partition coefficient (Wildman–Crippen LogP) is 2.21. The molecule has 1 aromatic heterocycles. The number of aryl methyl sites for hydroxylation is 2. The van der Waals surface area contributed by atoms with Crippen molar-refractivity contribution in [2.24, 2.45) is 0 Å². The van der Waals surface area contributed by atoms with Gasteiger partial charge in [0.15, 0.2) is 0 Å². The molecule has 0 saturated carbocycles. The van der Waals surface area contributed by atoms with Crippen LogP contribution in [0.3, 0.4) is 0 Å². The van der Waals surface area contributed by atoms with E-state index in [-0.39, 0.29) is 0 Å². The number of nitrogens with zero attached hydrogens (tertiary/aromatic N) is 4. The van der Waals surface area contributed by atoms with Gasteiger partial charge in [0, 0.05) is 44.0 Å².